The standard InChI is InChI=1S/C18H26N2O/c1-14(15-6-4-3-5-7-15)19-17(21)18(10-11-18)16-8-12-20(2)13-9-16/h3-7,14,16H,8-13H2,1-2H3,(H,19,21)/t14-/m1/s1. The molecule has 2 aliphatic rings. The van der Waals surface area contributed by atoms with Gasteiger partial charge in [0.25, 0.3) is 0 Å². The Hall–Kier alpha value is -1.35. The number of piperidine rings is 1. The van der Waals surface area contributed by atoms with Crippen molar-refractivity contribution in [3.8, 4) is 0 Å². The number of benzene rings is 1. The molecule has 21 heavy (non-hydrogen) atoms. The molecule has 0 aromatic heterocycles. The van der Waals surface area contributed by atoms with Crippen molar-refractivity contribution in [2.45, 2.75) is 38.6 Å². The molecule has 3 nitrogen and oxygen atoms in total. The quantitative estimate of drug-likeness (QED) is 0.923. The molecule has 1 aliphatic heterocycles. The molecule has 1 heterocycles. The third-order valence-corrected chi connectivity index (χ3v) is 5.39. The summed E-state index contributed by atoms with van der Waals surface area (Å²) in [7, 11) is 2.17. The second-order valence-electron chi connectivity index (χ2n) is 6.84. The number of likely N-dealkylation sites (tertiary alicyclic amines) is 1. The van der Waals surface area contributed by atoms with Gasteiger partial charge in [0.15, 0.2) is 0 Å². The number of amides is 1. The highest BCUT2D eigenvalue weighted by Gasteiger charge is 2.55. The van der Waals surface area contributed by atoms with E-state index in [1.54, 1.807) is 0 Å². The molecular weight excluding hydrogens is 260 g/mol. The normalized spacial score (nSPS) is 23.5. The van der Waals surface area contributed by atoms with Gasteiger partial charge in [-0.3, -0.25) is 4.79 Å². The molecule has 1 aromatic carbocycles. The van der Waals surface area contributed by atoms with Gasteiger partial charge in [-0.15, -0.1) is 0 Å². The van der Waals surface area contributed by atoms with E-state index in [4.69, 9.17) is 0 Å². The third kappa shape index (κ3) is 2.98. The molecule has 0 spiro atoms. The van der Waals surface area contributed by atoms with Crippen molar-refractivity contribution in [2.24, 2.45) is 11.3 Å². The average molecular weight is 286 g/mol. The van der Waals surface area contributed by atoms with E-state index in [0.717, 1.165) is 25.9 Å². The van der Waals surface area contributed by atoms with Gasteiger partial charge in [0.05, 0.1) is 11.5 Å². The highest BCUT2D eigenvalue weighted by atomic mass is 16.2. The van der Waals surface area contributed by atoms with Crippen molar-refractivity contribution in [2.75, 3.05) is 20.1 Å². The zero-order valence-corrected chi connectivity index (χ0v) is 13.1. The molecule has 1 saturated carbocycles. The number of nitrogens with one attached hydrogen (secondary N) is 1. The van der Waals surface area contributed by atoms with Gasteiger partial charge in [0, 0.05) is 0 Å². The summed E-state index contributed by atoms with van der Waals surface area (Å²) in [6.07, 6.45) is 4.50. The molecule has 3 rings (SSSR count). The van der Waals surface area contributed by atoms with Crippen molar-refractivity contribution in [1.29, 1.82) is 0 Å². The maximum atomic E-state index is 12.8. The SMILES string of the molecule is C[C@@H](NC(=O)C1(C2CCN(C)CC2)CC1)c1ccccc1. The maximum absolute atomic E-state index is 12.8. The summed E-state index contributed by atoms with van der Waals surface area (Å²) in [6, 6.07) is 10.3. The van der Waals surface area contributed by atoms with Crippen LogP contribution in [0.1, 0.15) is 44.2 Å². The lowest BCUT2D eigenvalue weighted by Gasteiger charge is -2.34. The van der Waals surface area contributed by atoms with Gasteiger partial charge in [-0.1, -0.05) is 30.3 Å². The highest BCUT2D eigenvalue weighted by Crippen LogP contribution is 2.55. The average Bonchev–Trinajstić information content (AvgIpc) is 3.30. The number of carbonyl (C=O) groups is 1. The van der Waals surface area contributed by atoms with E-state index < -0.39 is 0 Å². The topological polar surface area (TPSA) is 32.3 Å². The van der Waals surface area contributed by atoms with Crippen LogP contribution in [0.2, 0.25) is 0 Å². The Morgan fingerprint density at radius 1 is 1.24 bits per heavy atom. The molecule has 1 aromatic rings. The van der Waals surface area contributed by atoms with E-state index in [0.29, 0.717) is 5.92 Å². The predicted octanol–water partition coefficient (Wildman–Crippen LogP) is 2.99. The molecular formula is C18H26N2O. The number of rotatable bonds is 4. The van der Waals surface area contributed by atoms with Crippen molar-refractivity contribution in [3.63, 3.8) is 0 Å². The molecule has 1 aliphatic carbocycles. The van der Waals surface area contributed by atoms with Crippen LogP contribution >= 0.6 is 0 Å². The fourth-order valence-corrected chi connectivity index (χ4v) is 3.68. The first-order valence-corrected chi connectivity index (χ1v) is 8.16. The first-order valence-electron chi connectivity index (χ1n) is 8.16. The summed E-state index contributed by atoms with van der Waals surface area (Å²) >= 11 is 0. The summed E-state index contributed by atoms with van der Waals surface area (Å²) in [6.45, 7) is 4.35. The van der Waals surface area contributed by atoms with Crippen molar-refractivity contribution in [1.82, 2.24) is 10.2 Å². The summed E-state index contributed by atoms with van der Waals surface area (Å²) in [5, 5.41) is 3.25. The molecule has 1 amide bonds. The van der Waals surface area contributed by atoms with Gasteiger partial charge < -0.3 is 10.2 Å². The molecule has 3 heteroatoms. The van der Waals surface area contributed by atoms with Crippen molar-refractivity contribution in [3.05, 3.63) is 35.9 Å². The Kier molecular flexibility index (Phi) is 4.03. The van der Waals surface area contributed by atoms with Gasteiger partial charge in [-0.25, -0.2) is 0 Å². The van der Waals surface area contributed by atoms with Crippen LogP contribution in [0.4, 0.5) is 0 Å². The van der Waals surface area contributed by atoms with Gasteiger partial charge in [-0.2, -0.15) is 0 Å². The number of carbonyl (C=O) groups excluding carboxylic acids is 1. The number of hydrogen-bond acceptors (Lipinski definition) is 2. The highest BCUT2D eigenvalue weighted by molar-refractivity contribution is 5.86. The third-order valence-electron chi connectivity index (χ3n) is 5.39. The Morgan fingerprint density at radius 3 is 2.43 bits per heavy atom. The smallest absolute Gasteiger partial charge is 0.226 e. The lowest BCUT2D eigenvalue weighted by atomic mass is 9.80. The summed E-state index contributed by atoms with van der Waals surface area (Å²) in [5.74, 6) is 0.866. The van der Waals surface area contributed by atoms with Crippen LogP contribution in [-0.4, -0.2) is 30.9 Å². The molecule has 1 N–H and O–H groups in total. The Balaban J connectivity index is 1.62. The van der Waals surface area contributed by atoms with Gasteiger partial charge in [0.2, 0.25) is 5.91 Å². The summed E-state index contributed by atoms with van der Waals surface area (Å²) in [4.78, 5) is 15.1. The largest absolute Gasteiger partial charge is 0.349 e. The minimum absolute atomic E-state index is 0.0513. The monoisotopic (exact) mass is 286 g/mol. The number of hydrogen-bond donors (Lipinski definition) is 1. The van der Waals surface area contributed by atoms with E-state index in [-0.39, 0.29) is 17.4 Å². The van der Waals surface area contributed by atoms with Gasteiger partial charge >= 0.3 is 0 Å². The lowest BCUT2D eigenvalue weighted by Crippen LogP contribution is -2.42. The predicted molar refractivity (Wildman–Crippen MR) is 84.9 cm³/mol. The van der Waals surface area contributed by atoms with Crippen LogP contribution in [-0.2, 0) is 4.79 Å². The maximum Gasteiger partial charge on any atom is 0.226 e. The molecule has 0 radical (unpaired) electrons. The molecule has 1 atom stereocenters. The van der Waals surface area contributed by atoms with Crippen LogP contribution in [0.15, 0.2) is 30.3 Å². The van der Waals surface area contributed by atoms with E-state index in [2.05, 4.69) is 36.3 Å². The van der Waals surface area contributed by atoms with Crippen LogP contribution < -0.4 is 5.32 Å². The van der Waals surface area contributed by atoms with Crippen LogP contribution in [0.3, 0.4) is 0 Å². The Labute approximate surface area is 127 Å². The van der Waals surface area contributed by atoms with Crippen molar-refractivity contribution < 1.29 is 4.79 Å². The first-order chi connectivity index (χ1) is 10.1. The van der Waals surface area contributed by atoms with Crippen LogP contribution in [0.25, 0.3) is 0 Å². The number of nitrogens with zero attached hydrogens (tertiary/aromatic N) is 1. The lowest BCUT2D eigenvalue weighted by molar-refractivity contribution is -0.129. The summed E-state index contributed by atoms with van der Waals surface area (Å²) < 4.78 is 0. The van der Waals surface area contributed by atoms with E-state index in [9.17, 15) is 4.79 Å². The zero-order valence-electron chi connectivity index (χ0n) is 13.1. The second-order valence-corrected chi connectivity index (χ2v) is 6.84. The zero-order chi connectivity index (χ0) is 14.9. The van der Waals surface area contributed by atoms with Crippen molar-refractivity contribution >= 4 is 5.91 Å². The molecule has 1 saturated heterocycles. The molecule has 2 fully saturated rings. The van der Waals surface area contributed by atoms with Gasteiger partial charge in [-0.05, 0) is 64.2 Å². The van der Waals surface area contributed by atoms with E-state index in [1.807, 2.05) is 18.2 Å². The molecule has 0 bridgehead atoms. The minimum atomic E-state index is -0.0513. The van der Waals surface area contributed by atoms with E-state index >= 15 is 0 Å². The molecule has 0 unspecified atom stereocenters. The Bertz CT molecular complexity index is 487. The fraction of sp³-hybridized carbons (Fsp3) is 0.611. The minimum Gasteiger partial charge on any atom is -0.349 e. The van der Waals surface area contributed by atoms with Gasteiger partial charge in [0.1, 0.15) is 0 Å². The Morgan fingerprint density at radius 2 is 1.86 bits per heavy atom. The molecule has 114 valence electrons. The summed E-state index contributed by atoms with van der Waals surface area (Å²) in [5.41, 5.74) is 1.13. The van der Waals surface area contributed by atoms with Crippen LogP contribution in [0.5, 0.6) is 0 Å². The second kappa shape index (κ2) is 5.80. The first kappa shape index (κ1) is 14.6. The fourth-order valence-electron chi connectivity index (χ4n) is 3.68. The van der Waals surface area contributed by atoms with E-state index in [1.165, 1.54) is 18.4 Å². The van der Waals surface area contributed by atoms with Crippen LogP contribution in [0, 0.1) is 11.3 Å².